The second kappa shape index (κ2) is 10.5. The summed E-state index contributed by atoms with van der Waals surface area (Å²) in [4.78, 5) is 20.0. The molecular weight excluding hydrogens is 465 g/mol. The van der Waals surface area contributed by atoms with Crippen LogP contribution in [-0.4, -0.2) is 34.0 Å². The highest BCUT2D eigenvalue weighted by molar-refractivity contribution is 6.36. The fraction of sp³-hybridized carbons (Fsp3) is 0.214. The average molecular weight is 492 g/mol. The topological polar surface area (TPSA) is 38.1 Å². The van der Waals surface area contributed by atoms with Crippen LogP contribution in [0, 0.1) is 13.8 Å². The zero-order valence-corrected chi connectivity index (χ0v) is 21.1. The van der Waals surface area contributed by atoms with Crippen LogP contribution in [0.5, 0.6) is 0 Å². The number of carbonyl (C=O) groups is 1. The van der Waals surface area contributed by atoms with E-state index in [0.29, 0.717) is 35.2 Å². The van der Waals surface area contributed by atoms with Crippen molar-refractivity contribution in [2.24, 2.45) is 0 Å². The van der Waals surface area contributed by atoms with E-state index < -0.39 is 0 Å². The van der Waals surface area contributed by atoms with Gasteiger partial charge in [0.15, 0.2) is 0 Å². The van der Waals surface area contributed by atoms with Crippen LogP contribution in [0.4, 0.5) is 0 Å². The number of hydrogen-bond donors (Lipinski definition) is 0. The Morgan fingerprint density at radius 2 is 1.68 bits per heavy atom. The monoisotopic (exact) mass is 491 g/mol. The number of aryl methyl sites for hydroxylation is 2. The third kappa shape index (κ3) is 5.19. The van der Waals surface area contributed by atoms with Crippen molar-refractivity contribution in [3.05, 3.63) is 111 Å². The van der Waals surface area contributed by atoms with Gasteiger partial charge in [-0.3, -0.25) is 9.78 Å². The fourth-order valence-electron chi connectivity index (χ4n) is 4.10. The van der Waals surface area contributed by atoms with E-state index in [1.54, 1.807) is 11.1 Å². The lowest BCUT2D eigenvalue weighted by Gasteiger charge is -2.20. The molecule has 0 N–H and O–H groups in total. The summed E-state index contributed by atoms with van der Waals surface area (Å²) in [5.74, 6) is -0.0530. The predicted octanol–water partition coefficient (Wildman–Crippen LogP) is 6.84. The molecule has 0 aliphatic rings. The molecule has 0 spiro atoms. The van der Waals surface area contributed by atoms with Gasteiger partial charge in [-0.05, 0) is 49.2 Å². The molecule has 0 aliphatic heterocycles. The second-order valence-electron chi connectivity index (χ2n) is 8.53. The smallest absolute Gasteiger partial charge is 0.270 e. The minimum Gasteiger partial charge on any atom is -0.340 e. The Morgan fingerprint density at radius 3 is 2.32 bits per heavy atom. The van der Waals surface area contributed by atoms with Gasteiger partial charge in [-0.1, -0.05) is 65.2 Å². The molecule has 2 aromatic carbocycles. The first-order chi connectivity index (χ1) is 16.3. The van der Waals surface area contributed by atoms with Crippen molar-refractivity contribution in [1.82, 2.24) is 14.5 Å². The number of halogens is 2. The quantitative estimate of drug-likeness (QED) is 0.283. The van der Waals surface area contributed by atoms with E-state index >= 15 is 0 Å². The first-order valence-corrected chi connectivity index (χ1v) is 12.0. The standard InChI is InChI=1S/C28H27Cl2N3O/c1-19-10-12-21(13-11-19)26-20(2)17-33(18-23-24(29)8-6-9-25(23)30)27(26)28(34)32(3)16-14-22-7-4-5-15-31-22/h4-13,15,17H,14,16,18H2,1-3H3. The maximum Gasteiger partial charge on any atom is 0.270 e. The Labute approximate surface area is 210 Å². The number of nitrogens with zero attached hydrogens (tertiary/aromatic N) is 3. The van der Waals surface area contributed by atoms with Crippen LogP contribution < -0.4 is 0 Å². The van der Waals surface area contributed by atoms with E-state index in [4.69, 9.17) is 23.2 Å². The lowest BCUT2D eigenvalue weighted by Crippen LogP contribution is -2.31. The Morgan fingerprint density at radius 1 is 0.971 bits per heavy atom. The number of carbonyl (C=O) groups excluding carboxylic acids is 1. The SMILES string of the molecule is Cc1ccc(-c2c(C)cn(Cc3c(Cl)cccc3Cl)c2C(=O)N(C)CCc2ccccn2)cc1. The molecule has 0 saturated carbocycles. The van der Waals surface area contributed by atoms with E-state index in [1.165, 1.54) is 5.56 Å². The Balaban J connectivity index is 1.74. The lowest BCUT2D eigenvalue weighted by molar-refractivity contribution is 0.0787. The molecule has 0 aliphatic carbocycles. The van der Waals surface area contributed by atoms with Crippen molar-refractivity contribution in [3.8, 4) is 11.1 Å². The molecule has 0 radical (unpaired) electrons. The fourth-order valence-corrected chi connectivity index (χ4v) is 4.61. The molecule has 2 heterocycles. The van der Waals surface area contributed by atoms with Gasteiger partial charge >= 0.3 is 0 Å². The van der Waals surface area contributed by atoms with Crippen molar-refractivity contribution in [3.63, 3.8) is 0 Å². The number of pyridine rings is 1. The highest BCUT2D eigenvalue weighted by atomic mass is 35.5. The van der Waals surface area contributed by atoms with Crippen LogP contribution in [0.15, 0.2) is 73.1 Å². The largest absolute Gasteiger partial charge is 0.340 e. The summed E-state index contributed by atoms with van der Waals surface area (Å²) in [5.41, 5.74) is 6.50. The van der Waals surface area contributed by atoms with Gasteiger partial charge in [0.2, 0.25) is 0 Å². The van der Waals surface area contributed by atoms with Crippen LogP contribution in [0.1, 0.15) is 32.9 Å². The van der Waals surface area contributed by atoms with Crippen molar-refractivity contribution in [1.29, 1.82) is 0 Å². The molecule has 0 unspecified atom stereocenters. The summed E-state index contributed by atoms with van der Waals surface area (Å²) < 4.78 is 1.97. The Kier molecular flexibility index (Phi) is 7.40. The van der Waals surface area contributed by atoms with E-state index in [-0.39, 0.29) is 5.91 Å². The van der Waals surface area contributed by atoms with Gasteiger partial charge < -0.3 is 9.47 Å². The molecule has 1 amide bonds. The van der Waals surface area contributed by atoms with E-state index in [1.807, 2.05) is 61.1 Å². The molecule has 4 rings (SSSR count). The molecule has 0 saturated heterocycles. The zero-order valence-electron chi connectivity index (χ0n) is 19.6. The number of hydrogen-bond acceptors (Lipinski definition) is 2. The zero-order chi connectivity index (χ0) is 24.2. The van der Waals surface area contributed by atoms with Gasteiger partial charge in [0.1, 0.15) is 5.69 Å². The van der Waals surface area contributed by atoms with Crippen molar-refractivity contribution >= 4 is 29.1 Å². The van der Waals surface area contributed by atoms with Gasteiger partial charge in [0.05, 0.1) is 6.54 Å². The van der Waals surface area contributed by atoms with E-state index in [2.05, 4.69) is 36.2 Å². The summed E-state index contributed by atoms with van der Waals surface area (Å²) in [7, 11) is 1.83. The van der Waals surface area contributed by atoms with Gasteiger partial charge in [-0.25, -0.2) is 0 Å². The van der Waals surface area contributed by atoms with Crippen LogP contribution in [0.2, 0.25) is 10.0 Å². The van der Waals surface area contributed by atoms with Crippen LogP contribution in [0.3, 0.4) is 0 Å². The molecule has 4 nitrogen and oxygen atoms in total. The summed E-state index contributed by atoms with van der Waals surface area (Å²) in [6.07, 6.45) is 4.46. The van der Waals surface area contributed by atoms with Crippen molar-refractivity contribution in [2.75, 3.05) is 13.6 Å². The Hall–Kier alpha value is -3.08. The summed E-state index contributed by atoms with van der Waals surface area (Å²) in [5, 5.41) is 1.16. The lowest BCUT2D eigenvalue weighted by atomic mass is 10.0. The van der Waals surface area contributed by atoms with Crippen molar-refractivity contribution in [2.45, 2.75) is 26.8 Å². The molecule has 0 atom stereocenters. The third-order valence-corrected chi connectivity index (χ3v) is 6.69. The van der Waals surface area contributed by atoms with Crippen LogP contribution in [0.25, 0.3) is 11.1 Å². The normalized spacial score (nSPS) is 11.0. The number of aromatic nitrogens is 2. The Bertz CT molecular complexity index is 1280. The van der Waals surface area contributed by atoms with Crippen LogP contribution >= 0.6 is 23.2 Å². The second-order valence-corrected chi connectivity index (χ2v) is 9.34. The molecular formula is C28H27Cl2N3O. The molecule has 2 aromatic heterocycles. The molecule has 4 aromatic rings. The maximum atomic E-state index is 13.8. The van der Waals surface area contributed by atoms with Gasteiger partial charge in [0.25, 0.3) is 5.91 Å². The molecule has 34 heavy (non-hydrogen) atoms. The van der Waals surface area contributed by atoms with Crippen LogP contribution in [-0.2, 0) is 13.0 Å². The predicted molar refractivity (Wildman–Crippen MR) is 140 cm³/mol. The first-order valence-electron chi connectivity index (χ1n) is 11.2. The molecule has 0 fully saturated rings. The maximum absolute atomic E-state index is 13.8. The highest BCUT2D eigenvalue weighted by Gasteiger charge is 2.25. The first kappa shape index (κ1) is 24.1. The van der Waals surface area contributed by atoms with E-state index in [9.17, 15) is 4.79 Å². The van der Waals surface area contributed by atoms with Gasteiger partial charge in [-0.2, -0.15) is 0 Å². The van der Waals surface area contributed by atoms with Gasteiger partial charge in [-0.15, -0.1) is 0 Å². The molecule has 6 heteroatoms. The van der Waals surface area contributed by atoms with E-state index in [0.717, 1.165) is 27.9 Å². The minimum absolute atomic E-state index is 0.0530. The molecule has 0 bridgehead atoms. The number of benzene rings is 2. The number of rotatable bonds is 7. The highest BCUT2D eigenvalue weighted by Crippen LogP contribution is 2.33. The van der Waals surface area contributed by atoms with Gasteiger partial charge in [0, 0.05) is 59.3 Å². The number of likely N-dealkylation sites (N-methyl/N-ethyl adjacent to an activating group) is 1. The summed E-state index contributed by atoms with van der Waals surface area (Å²) in [6, 6.07) is 19.5. The number of amides is 1. The molecule has 174 valence electrons. The van der Waals surface area contributed by atoms with Crippen molar-refractivity contribution < 1.29 is 4.79 Å². The third-order valence-electron chi connectivity index (χ3n) is 5.98. The average Bonchev–Trinajstić information content (AvgIpc) is 3.16. The summed E-state index contributed by atoms with van der Waals surface area (Å²) >= 11 is 12.9. The summed E-state index contributed by atoms with van der Waals surface area (Å²) in [6.45, 7) is 5.05. The minimum atomic E-state index is -0.0530.